The molecule has 1 aromatic rings. The van der Waals surface area contributed by atoms with Crippen LogP contribution in [0.5, 0.6) is 5.75 Å². The number of carbonyl (C=O) groups excluding carboxylic acids is 2. The predicted octanol–water partition coefficient (Wildman–Crippen LogP) is 0.545. The molecule has 1 aliphatic heterocycles. The molecule has 2 rings (SSSR count). The molecule has 1 aromatic carbocycles. The Balaban J connectivity index is 2.35. The van der Waals surface area contributed by atoms with Crippen LogP contribution in [0, 0.1) is 0 Å². The largest absolute Gasteiger partial charge is 0.488 e. The molecule has 18 heavy (non-hydrogen) atoms. The van der Waals surface area contributed by atoms with E-state index >= 15 is 0 Å². The number of amides is 2. The van der Waals surface area contributed by atoms with Crippen LogP contribution in [0.3, 0.4) is 0 Å². The maximum atomic E-state index is 11.3. The molecular formula is C12H14N2O4. The fraction of sp³-hybridized carbons (Fsp3) is 0.333. The summed E-state index contributed by atoms with van der Waals surface area (Å²) in [6.07, 6.45) is 0.632. The zero-order valence-electron chi connectivity index (χ0n) is 9.92. The summed E-state index contributed by atoms with van der Waals surface area (Å²) in [5.41, 5.74) is 2.72. The minimum Gasteiger partial charge on any atom is -0.488 e. The molecule has 0 fully saturated rings. The predicted molar refractivity (Wildman–Crippen MR) is 62.3 cm³/mol. The van der Waals surface area contributed by atoms with E-state index in [1.54, 1.807) is 28.6 Å². The summed E-state index contributed by atoms with van der Waals surface area (Å²) in [5.74, 6) is -0.0292. The van der Waals surface area contributed by atoms with Crippen molar-refractivity contribution in [3.05, 3.63) is 29.3 Å². The molecule has 1 aliphatic rings. The van der Waals surface area contributed by atoms with Gasteiger partial charge in [0.1, 0.15) is 11.9 Å². The first-order valence-electron chi connectivity index (χ1n) is 5.57. The molecule has 6 nitrogen and oxygen atoms in total. The Morgan fingerprint density at radius 3 is 3.06 bits per heavy atom. The number of fused-ring (bicyclic) bond motifs is 1. The fourth-order valence-corrected chi connectivity index (χ4v) is 1.95. The lowest BCUT2D eigenvalue weighted by molar-refractivity contribution is -0.119. The highest BCUT2D eigenvalue weighted by molar-refractivity contribution is 5.93. The van der Waals surface area contributed by atoms with Crippen molar-refractivity contribution in [2.75, 3.05) is 6.54 Å². The Hall–Kier alpha value is -2.08. The Labute approximate surface area is 104 Å². The fourth-order valence-electron chi connectivity index (χ4n) is 1.95. The summed E-state index contributed by atoms with van der Waals surface area (Å²) in [6, 6.07) is 4.85. The molecule has 1 heterocycles. The average Bonchev–Trinajstić information content (AvgIpc) is 2.54. The zero-order chi connectivity index (χ0) is 13.1. The Kier molecular flexibility index (Phi) is 3.47. The first-order chi connectivity index (χ1) is 8.63. The van der Waals surface area contributed by atoms with Crippen LogP contribution in [0.1, 0.15) is 22.8 Å². The van der Waals surface area contributed by atoms with Gasteiger partial charge in [-0.05, 0) is 19.1 Å². The number of nitrogens with one attached hydrogen (secondary N) is 1. The topological polar surface area (TPSA) is 78.9 Å². The molecule has 0 aliphatic carbocycles. The number of ether oxygens (including phenoxy) is 1. The van der Waals surface area contributed by atoms with Crippen LogP contribution < -0.4 is 10.2 Å². The van der Waals surface area contributed by atoms with Crippen LogP contribution in [-0.4, -0.2) is 35.1 Å². The number of hydrogen-bond donors (Lipinski definition) is 2. The molecular weight excluding hydrogens is 236 g/mol. The molecule has 0 saturated carbocycles. The molecule has 2 N–H and O–H groups in total. The molecule has 0 saturated heterocycles. The maximum Gasteiger partial charge on any atom is 0.274 e. The van der Waals surface area contributed by atoms with Crippen molar-refractivity contribution in [1.29, 1.82) is 0 Å². The number of benzene rings is 1. The van der Waals surface area contributed by atoms with Crippen LogP contribution in [0.4, 0.5) is 0 Å². The van der Waals surface area contributed by atoms with E-state index in [4.69, 9.17) is 9.94 Å². The van der Waals surface area contributed by atoms with E-state index in [9.17, 15) is 9.59 Å². The van der Waals surface area contributed by atoms with Crippen LogP contribution in [-0.2, 0) is 11.3 Å². The van der Waals surface area contributed by atoms with Gasteiger partial charge < -0.3 is 9.64 Å². The molecule has 1 atom stereocenters. The summed E-state index contributed by atoms with van der Waals surface area (Å²) >= 11 is 0. The van der Waals surface area contributed by atoms with Crippen LogP contribution in [0.15, 0.2) is 18.2 Å². The highest BCUT2D eigenvalue weighted by atomic mass is 16.5. The van der Waals surface area contributed by atoms with Crippen molar-refractivity contribution >= 4 is 12.3 Å². The quantitative estimate of drug-likeness (QED) is 0.456. The summed E-state index contributed by atoms with van der Waals surface area (Å²) in [6.45, 7) is 2.80. The van der Waals surface area contributed by atoms with Gasteiger partial charge in [0.2, 0.25) is 6.41 Å². The lowest BCUT2D eigenvalue weighted by atomic mass is 10.1. The van der Waals surface area contributed by atoms with Gasteiger partial charge in [-0.2, -0.15) is 0 Å². The van der Waals surface area contributed by atoms with E-state index in [0.29, 0.717) is 24.4 Å². The summed E-state index contributed by atoms with van der Waals surface area (Å²) in [4.78, 5) is 23.8. The molecule has 0 bridgehead atoms. The van der Waals surface area contributed by atoms with Crippen molar-refractivity contribution in [2.24, 2.45) is 0 Å². The summed E-state index contributed by atoms with van der Waals surface area (Å²) in [7, 11) is 0. The highest BCUT2D eigenvalue weighted by Gasteiger charge is 2.20. The third kappa shape index (κ3) is 2.43. The van der Waals surface area contributed by atoms with Crippen LogP contribution in [0.25, 0.3) is 0 Å². The third-order valence-corrected chi connectivity index (χ3v) is 2.77. The van der Waals surface area contributed by atoms with Gasteiger partial charge in [-0.3, -0.25) is 14.8 Å². The van der Waals surface area contributed by atoms with Crippen molar-refractivity contribution in [1.82, 2.24) is 10.4 Å². The number of hydrogen-bond acceptors (Lipinski definition) is 4. The number of hydroxylamine groups is 1. The first kappa shape index (κ1) is 12.4. The first-order valence-corrected chi connectivity index (χ1v) is 5.57. The van der Waals surface area contributed by atoms with E-state index < -0.39 is 5.91 Å². The van der Waals surface area contributed by atoms with E-state index in [1.165, 1.54) is 0 Å². The Morgan fingerprint density at radius 2 is 2.39 bits per heavy atom. The minimum absolute atomic E-state index is 0.149. The normalized spacial score (nSPS) is 18.3. The monoisotopic (exact) mass is 250 g/mol. The Bertz CT molecular complexity index is 475. The third-order valence-electron chi connectivity index (χ3n) is 2.77. The smallest absolute Gasteiger partial charge is 0.274 e. The van der Waals surface area contributed by atoms with Crippen LogP contribution in [0.2, 0.25) is 0 Å². The molecule has 96 valence electrons. The van der Waals surface area contributed by atoms with E-state index in [2.05, 4.69) is 0 Å². The average molecular weight is 250 g/mol. The van der Waals surface area contributed by atoms with Crippen LogP contribution >= 0.6 is 0 Å². The SMILES string of the molecule is CC1CN(C=O)Cc2ccc(C(=O)NO)cc2O1. The van der Waals surface area contributed by atoms with Gasteiger partial charge in [-0.15, -0.1) is 0 Å². The van der Waals surface area contributed by atoms with Gasteiger partial charge in [0.25, 0.3) is 5.91 Å². The lowest BCUT2D eigenvalue weighted by Crippen LogP contribution is -2.29. The lowest BCUT2D eigenvalue weighted by Gasteiger charge is -2.16. The van der Waals surface area contributed by atoms with Gasteiger partial charge in [0.05, 0.1) is 6.54 Å². The number of rotatable bonds is 2. The molecule has 0 spiro atoms. The molecule has 0 aromatic heterocycles. The second kappa shape index (κ2) is 5.05. The summed E-state index contributed by atoms with van der Waals surface area (Å²) in [5, 5.41) is 8.59. The highest BCUT2D eigenvalue weighted by Crippen LogP contribution is 2.26. The van der Waals surface area contributed by atoms with E-state index in [-0.39, 0.29) is 6.10 Å². The standard InChI is InChI=1S/C12H14N2O4/c1-8-5-14(7-15)6-10-3-2-9(12(16)13-17)4-11(10)18-8/h2-4,7-8,17H,5-6H2,1H3,(H,13,16). The van der Waals surface area contributed by atoms with Crippen molar-refractivity contribution < 1.29 is 19.5 Å². The second-order valence-electron chi connectivity index (χ2n) is 4.23. The van der Waals surface area contributed by atoms with E-state index in [1.807, 2.05) is 6.92 Å². The molecule has 6 heteroatoms. The maximum absolute atomic E-state index is 11.3. The van der Waals surface area contributed by atoms with Gasteiger partial charge >= 0.3 is 0 Å². The number of nitrogens with zero attached hydrogens (tertiary/aromatic N) is 1. The van der Waals surface area contributed by atoms with E-state index in [0.717, 1.165) is 12.0 Å². The van der Waals surface area contributed by atoms with Gasteiger partial charge in [0.15, 0.2) is 0 Å². The summed E-state index contributed by atoms with van der Waals surface area (Å²) < 4.78 is 5.66. The molecule has 1 unspecified atom stereocenters. The van der Waals surface area contributed by atoms with Gasteiger partial charge in [-0.25, -0.2) is 5.48 Å². The second-order valence-corrected chi connectivity index (χ2v) is 4.23. The molecule has 2 amide bonds. The molecule has 0 radical (unpaired) electrons. The van der Waals surface area contributed by atoms with Crippen molar-refractivity contribution in [2.45, 2.75) is 19.6 Å². The zero-order valence-corrected chi connectivity index (χ0v) is 9.92. The van der Waals surface area contributed by atoms with Crippen molar-refractivity contribution in [3.8, 4) is 5.75 Å². The van der Waals surface area contributed by atoms with Gasteiger partial charge in [0, 0.05) is 17.7 Å². The number of carbonyl (C=O) groups is 2. The van der Waals surface area contributed by atoms with Crippen molar-refractivity contribution in [3.63, 3.8) is 0 Å². The van der Waals surface area contributed by atoms with Gasteiger partial charge in [-0.1, -0.05) is 6.07 Å². The Morgan fingerprint density at radius 1 is 1.61 bits per heavy atom. The minimum atomic E-state index is -0.592.